The van der Waals surface area contributed by atoms with E-state index < -0.39 is 0 Å². The van der Waals surface area contributed by atoms with E-state index in [-0.39, 0.29) is 11.2 Å². The summed E-state index contributed by atoms with van der Waals surface area (Å²) < 4.78 is 5.77. The van der Waals surface area contributed by atoms with Crippen LogP contribution in [0.3, 0.4) is 0 Å². The minimum absolute atomic E-state index is 0.0966. The molecule has 0 fully saturated rings. The van der Waals surface area contributed by atoms with Crippen LogP contribution in [0.2, 0.25) is 0 Å². The summed E-state index contributed by atoms with van der Waals surface area (Å²) in [4.78, 5) is 14.1. The number of anilines is 1. The van der Waals surface area contributed by atoms with Crippen molar-refractivity contribution in [1.29, 1.82) is 0 Å². The first-order valence-electron chi connectivity index (χ1n) is 7.72. The van der Waals surface area contributed by atoms with Gasteiger partial charge in [-0.15, -0.1) is 11.8 Å². The van der Waals surface area contributed by atoms with Gasteiger partial charge in [0, 0.05) is 18.5 Å². The summed E-state index contributed by atoms with van der Waals surface area (Å²) in [5.41, 5.74) is 2.05. The maximum atomic E-state index is 12.4. The van der Waals surface area contributed by atoms with Crippen LogP contribution in [0.25, 0.3) is 0 Å². The van der Waals surface area contributed by atoms with Gasteiger partial charge in [-0.1, -0.05) is 36.4 Å². The standard InChI is InChI=1S/C19H23NO2S/c1-15-9-7-8-12-18(15)22-13-14-23-16(2)19(21)20(3)17-10-5-4-6-11-17/h4-12,16H,13-14H2,1-3H3. The molecule has 1 atom stereocenters. The van der Waals surface area contributed by atoms with E-state index in [2.05, 4.69) is 0 Å². The van der Waals surface area contributed by atoms with Crippen LogP contribution in [0.15, 0.2) is 54.6 Å². The molecular formula is C19H23NO2S. The molecule has 4 heteroatoms. The summed E-state index contributed by atoms with van der Waals surface area (Å²) in [5, 5.41) is -0.0966. The Morgan fingerprint density at radius 3 is 2.48 bits per heavy atom. The minimum atomic E-state index is -0.0966. The Balaban J connectivity index is 1.77. The SMILES string of the molecule is Cc1ccccc1OCCSC(C)C(=O)N(C)c1ccccc1. The second-order valence-corrected chi connectivity index (χ2v) is 6.81. The van der Waals surface area contributed by atoms with Gasteiger partial charge in [0.2, 0.25) is 5.91 Å². The van der Waals surface area contributed by atoms with E-state index in [9.17, 15) is 4.79 Å². The quantitative estimate of drug-likeness (QED) is 0.714. The monoisotopic (exact) mass is 329 g/mol. The zero-order valence-electron chi connectivity index (χ0n) is 13.9. The van der Waals surface area contributed by atoms with Gasteiger partial charge >= 0.3 is 0 Å². The zero-order valence-corrected chi connectivity index (χ0v) is 14.7. The topological polar surface area (TPSA) is 29.5 Å². The Kier molecular flexibility index (Phi) is 6.53. The van der Waals surface area contributed by atoms with E-state index in [0.717, 1.165) is 22.8 Å². The lowest BCUT2D eigenvalue weighted by atomic mass is 10.2. The van der Waals surface area contributed by atoms with Crippen molar-refractivity contribution in [2.75, 3.05) is 24.3 Å². The number of hydrogen-bond acceptors (Lipinski definition) is 3. The van der Waals surface area contributed by atoms with Crippen LogP contribution in [-0.2, 0) is 4.79 Å². The van der Waals surface area contributed by atoms with Crippen LogP contribution in [0, 0.1) is 6.92 Å². The highest BCUT2D eigenvalue weighted by molar-refractivity contribution is 8.00. The molecule has 0 bridgehead atoms. The number of ether oxygens (including phenoxy) is 1. The summed E-state index contributed by atoms with van der Waals surface area (Å²) >= 11 is 1.62. The Labute approximate surface area is 142 Å². The van der Waals surface area contributed by atoms with Crippen LogP contribution in [-0.4, -0.2) is 30.6 Å². The molecule has 0 spiro atoms. The number of benzene rings is 2. The molecule has 1 amide bonds. The molecule has 2 aromatic carbocycles. The Hall–Kier alpha value is -1.94. The van der Waals surface area contributed by atoms with Crippen molar-refractivity contribution >= 4 is 23.4 Å². The average Bonchev–Trinajstić information content (AvgIpc) is 2.59. The van der Waals surface area contributed by atoms with Crippen LogP contribution < -0.4 is 9.64 Å². The van der Waals surface area contributed by atoms with Gasteiger partial charge in [0.05, 0.1) is 11.9 Å². The van der Waals surface area contributed by atoms with Crippen LogP contribution in [0.4, 0.5) is 5.69 Å². The molecule has 0 aliphatic heterocycles. The molecule has 122 valence electrons. The Bertz CT molecular complexity index is 630. The van der Waals surface area contributed by atoms with Crippen molar-refractivity contribution in [2.45, 2.75) is 19.1 Å². The smallest absolute Gasteiger partial charge is 0.239 e. The van der Waals surface area contributed by atoms with Crippen molar-refractivity contribution < 1.29 is 9.53 Å². The second kappa shape index (κ2) is 8.63. The lowest BCUT2D eigenvalue weighted by Crippen LogP contribution is -2.33. The second-order valence-electron chi connectivity index (χ2n) is 5.36. The van der Waals surface area contributed by atoms with Gasteiger partial charge in [-0.25, -0.2) is 0 Å². The highest BCUT2D eigenvalue weighted by Gasteiger charge is 2.18. The summed E-state index contributed by atoms with van der Waals surface area (Å²) in [6.07, 6.45) is 0. The third-order valence-corrected chi connectivity index (χ3v) is 4.73. The molecule has 0 aliphatic carbocycles. The van der Waals surface area contributed by atoms with E-state index in [0.29, 0.717) is 6.61 Å². The number of amides is 1. The van der Waals surface area contributed by atoms with Crippen molar-refractivity contribution in [3.05, 3.63) is 60.2 Å². The number of thioether (sulfide) groups is 1. The number of rotatable bonds is 7. The van der Waals surface area contributed by atoms with Crippen molar-refractivity contribution in [1.82, 2.24) is 0 Å². The summed E-state index contributed by atoms with van der Waals surface area (Å²) in [5.74, 6) is 1.80. The van der Waals surface area contributed by atoms with Gasteiger partial charge in [0.1, 0.15) is 5.75 Å². The molecular weight excluding hydrogens is 306 g/mol. The number of carbonyl (C=O) groups excluding carboxylic acids is 1. The highest BCUT2D eigenvalue weighted by atomic mass is 32.2. The fraction of sp³-hybridized carbons (Fsp3) is 0.316. The molecule has 0 aromatic heterocycles. The van der Waals surface area contributed by atoms with E-state index in [4.69, 9.17) is 4.74 Å². The number of hydrogen-bond donors (Lipinski definition) is 0. The highest BCUT2D eigenvalue weighted by Crippen LogP contribution is 2.20. The molecule has 0 heterocycles. The predicted molar refractivity (Wildman–Crippen MR) is 98.4 cm³/mol. The van der Waals surface area contributed by atoms with Crippen LogP contribution >= 0.6 is 11.8 Å². The van der Waals surface area contributed by atoms with E-state index in [1.165, 1.54) is 0 Å². The van der Waals surface area contributed by atoms with E-state index in [1.54, 1.807) is 16.7 Å². The van der Waals surface area contributed by atoms with Gasteiger partial charge in [-0.3, -0.25) is 4.79 Å². The van der Waals surface area contributed by atoms with E-state index in [1.807, 2.05) is 75.5 Å². The first kappa shape index (κ1) is 17.4. The lowest BCUT2D eigenvalue weighted by molar-refractivity contribution is -0.117. The Morgan fingerprint density at radius 2 is 1.78 bits per heavy atom. The molecule has 0 saturated carbocycles. The molecule has 3 nitrogen and oxygen atoms in total. The fourth-order valence-electron chi connectivity index (χ4n) is 2.22. The number of carbonyl (C=O) groups is 1. The summed E-state index contributed by atoms with van der Waals surface area (Å²) in [6, 6.07) is 17.7. The largest absolute Gasteiger partial charge is 0.492 e. The predicted octanol–water partition coefficient (Wildman–Crippen LogP) is 4.16. The first-order chi connectivity index (χ1) is 11.1. The van der Waals surface area contributed by atoms with Gasteiger partial charge < -0.3 is 9.64 Å². The normalized spacial score (nSPS) is 11.8. The molecule has 0 radical (unpaired) electrons. The van der Waals surface area contributed by atoms with Crippen molar-refractivity contribution in [3.8, 4) is 5.75 Å². The molecule has 0 saturated heterocycles. The van der Waals surface area contributed by atoms with Gasteiger partial charge in [0.25, 0.3) is 0 Å². The third kappa shape index (κ3) is 5.03. The molecule has 1 unspecified atom stereocenters. The fourth-order valence-corrected chi connectivity index (χ4v) is 3.05. The van der Waals surface area contributed by atoms with Crippen LogP contribution in [0.5, 0.6) is 5.75 Å². The van der Waals surface area contributed by atoms with Crippen LogP contribution in [0.1, 0.15) is 12.5 Å². The van der Waals surface area contributed by atoms with Crippen molar-refractivity contribution in [3.63, 3.8) is 0 Å². The average molecular weight is 329 g/mol. The molecule has 0 N–H and O–H groups in total. The molecule has 23 heavy (non-hydrogen) atoms. The van der Waals surface area contributed by atoms with E-state index >= 15 is 0 Å². The number of aryl methyl sites for hydroxylation is 1. The zero-order chi connectivity index (χ0) is 16.7. The molecule has 2 aromatic rings. The number of para-hydroxylation sites is 2. The molecule has 2 rings (SSSR count). The maximum Gasteiger partial charge on any atom is 0.239 e. The maximum absolute atomic E-state index is 12.4. The van der Waals surface area contributed by atoms with Gasteiger partial charge in [0.15, 0.2) is 0 Å². The number of nitrogens with zero attached hydrogens (tertiary/aromatic N) is 1. The summed E-state index contributed by atoms with van der Waals surface area (Å²) in [6.45, 7) is 4.58. The van der Waals surface area contributed by atoms with Gasteiger partial charge in [-0.05, 0) is 37.6 Å². The molecule has 0 aliphatic rings. The summed E-state index contributed by atoms with van der Waals surface area (Å²) in [7, 11) is 1.82. The first-order valence-corrected chi connectivity index (χ1v) is 8.77. The van der Waals surface area contributed by atoms with Gasteiger partial charge in [-0.2, -0.15) is 0 Å². The lowest BCUT2D eigenvalue weighted by Gasteiger charge is -2.21. The third-order valence-electron chi connectivity index (χ3n) is 3.62. The van der Waals surface area contributed by atoms with Crippen molar-refractivity contribution in [2.24, 2.45) is 0 Å². The Morgan fingerprint density at radius 1 is 1.13 bits per heavy atom. The minimum Gasteiger partial charge on any atom is -0.492 e.